The van der Waals surface area contributed by atoms with Crippen molar-refractivity contribution in [2.45, 2.75) is 39.5 Å². The van der Waals surface area contributed by atoms with E-state index in [9.17, 15) is 19.2 Å². The lowest BCUT2D eigenvalue weighted by Gasteiger charge is -2.19. The number of aromatic nitrogens is 1. The van der Waals surface area contributed by atoms with Crippen LogP contribution in [0.25, 0.3) is 5.69 Å². The van der Waals surface area contributed by atoms with E-state index in [-0.39, 0.29) is 36.2 Å². The van der Waals surface area contributed by atoms with Gasteiger partial charge in [-0.05, 0) is 44.9 Å². The van der Waals surface area contributed by atoms with Gasteiger partial charge in [-0.3, -0.25) is 24.1 Å². The molecule has 1 aromatic carbocycles. The number of rotatable bonds is 6. The molecule has 2 aromatic rings. The third-order valence-corrected chi connectivity index (χ3v) is 6.93. The van der Waals surface area contributed by atoms with E-state index >= 15 is 0 Å². The summed E-state index contributed by atoms with van der Waals surface area (Å²) in [7, 11) is 0. The zero-order chi connectivity index (χ0) is 24.0. The number of ether oxygens (including phenoxy) is 3. The van der Waals surface area contributed by atoms with Crippen molar-refractivity contribution in [3.05, 3.63) is 41.2 Å². The maximum absolute atomic E-state index is 12.8. The Morgan fingerprint density at radius 1 is 1.00 bits per heavy atom. The Hall–Kier alpha value is -3.62. The second-order valence-electron chi connectivity index (χ2n) is 9.00. The average molecular weight is 466 g/mol. The third kappa shape index (κ3) is 3.74. The van der Waals surface area contributed by atoms with Crippen molar-refractivity contribution in [3.63, 3.8) is 0 Å². The van der Waals surface area contributed by atoms with E-state index in [0.29, 0.717) is 35.6 Å². The highest BCUT2D eigenvalue weighted by molar-refractivity contribution is 6.07. The van der Waals surface area contributed by atoms with Gasteiger partial charge in [0.25, 0.3) is 0 Å². The molecule has 2 fully saturated rings. The third-order valence-electron chi connectivity index (χ3n) is 6.93. The molecule has 0 unspecified atom stereocenters. The van der Waals surface area contributed by atoms with Crippen molar-refractivity contribution in [1.29, 1.82) is 0 Å². The number of nitrogens with zero attached hydrogens (tertiary/aromatic N) is 2. The van der Waals surface area contributed by atoms with Gasteiger partial charge >= 0.3 is 5.97 Å². The monoisotopic (exact) mass is 466 g/mol. The number of amides is 2. The number of esters is 1. The number of hydrogen-bond donors (Lipinski definition) is 0. The van der Waals surface area contributed by atoms with Crippen molar-refractivity contribution < 1.29 is 33.4 Å². The number of likely N-dealkylation sites (tertiary alicyclic amines) is 1. The van der Waals surface area contributed by atoms with Crippen molar-refractivity contribution in [1.82, 2.24) is 9.47 Å². The number of ketones is 1. The molecule has 178 valence electrons. The number of carbonyl (C=O) groups is 4. The van der Waals surface area contributed by atoms with Crippen LogP contribution in [-0.2, 0) is 19.1 Å². The topological polar surface area (TPSA) is 104 Å². The molecule has 2 atom stereocenters. The molecular formula is C25H26N2O7. The van der Waals surface area contributed by atoms with Crippen molar-refractivity contribution >= 4 is 23.6 Å². The normalized spacial score (nSPS) is 21.1. The summed E-state index contributed by atoms with van der Waals surface area (Å²) < 4.78 is 17.9. The summed E-state index contributed by atoms with van der Waals surface area (Å²) in [4.78, 5) is 51.3. The molecule has 1 aliphatic carbocycles. The maximum atomic E-state index is 12.8. The van der Waals surface area contributed by atoms with Gasteiger partial charge in [-0.1, -0.05) is 12.8 Å². The fourth-order valence-electron chi connectivity index (χ4n) is 5.25. The Balaban J connectivity index is 1.24. The Morgan fingerprint density at radius 2 is 1.68 bits per heavy atom. The number of carbonyl (C=O) groups excluding carboxylic acids is 4. The van der Waals surface area contributed by atoms with Gasteiger partial charge in [0.15, 0.2) is 18.1 Å². The second kappa shape index (κ2) is 8.62. The van der Waals surface area contributed by atoms with Crippen LogP contribution in [0, 0.1) is 25.7 Å². The van der Waals surface area contributed by atoms with Crippen LogP contribution in [-0.4, -0.2) is 53.0 Å². The van der Waals surface area contributed by atoms with Crippen LogP contribution in [0.5, 0.6) is 11.5 Å². The first kappa shape index (κ1) is 22.2. The molecule has 3 aliphatic rings. The second-order valence-corrected chi connectivity index (χ2v) is 9.00. The minimum Gasteiger partial charge on any atom is -0.456 e. The standard InChI is InChI=1S/C25H26N2O7/c1-14-9-19(15(2)27(14)16-7-8-21-22(10-16)34-13-33-21)20(28)12-32-23(29)11-26-24(30)17-5-3-4-6-18(17)25(26)31/h7-10,17-18H,3-6,11-13H2,1-2H3/t17-,18-/m0/s1. The van der Waals surface area contributed by atoms with E-state index in [1.807, 2.05) is 36.6 Å². The van der Waals surface area contributed by atoms with Gasteiger partial charge in [0.05, 0.1) is 11.8 Å². The molecule has 0 radical (unpaired) electrons. The predicted molar refractivity (Wildman–Crippen MR) is 119 cm³/mol. The average Bonchev–Trinajstić information content (AvgIpc) is 3.48. The maximum Gasteiger partial charge on any atom is 0.326 e. The minimum absolute atomic E-state index is 0.174. The number of hydrogen-bond acceptors (Lipinski definition) is 7. The molecule has 3 heterocycles. The molecule has 0 spiro atoms. The molecule has 1 saturated heterocycles. The van der Waals surface area contributed by atoms with E-state index in [1.54, 1.807) is 6.07 Å². The van der Waals surface area contributed by atoms with Crippen LogP contribution in [0.4, 0.5) is 0 Å². The summed E-state index contributed by atoms with van der Waals surface area (Å²) in [5, 5.41) is 0. The molecule has 1 aromatic heterocycles. The molecule has 1 saturated carbocycles. The predicted octanol–water partition coefficient (Wildman–Crippen LogP) is 2.72. The summed E-state index contributed by atoms with van der Waals surface area (Å²) in [6.07, 6.45) is 3.19. The Bertz CT molecular complexity index is 1170. The van der Waals surface area contributed by atoms with E-state index in [1.165, 1.54) is 0 Å². The van der Waals surface area contributed by atoms with Gasteiger partial charge < -0.3 is 18.8 Å². The highest BCUT2D eigenvalue weighted by atomic mass is 16.7. The smallest absolute Gasteiger partial charge is 0.326 e. The zero-order valence-corrected chi connectivity index (χ0v) is 19.2. The summed E-state index contributed by atoms with van der Waals surface area (Å²) in [6.45, 7) is 2.95. The zero-order valence-electron chi connectivity index (χ0n) is 19.2. The molecule has 0 N–H and O–H groups in total. The van der Waals surface area contributed by atoms with Gasteiger partial charge in [0.2, 0.25) is 24.4 Å². The van der Waals surface area contributed by atoms with Crippen LogP contribution < -0.4 is 9.47 Å². The highest BCUT2D eigenvalue weighted by Gasteiger charge is 2.48. The molecule has 2 aliphatic heterocycles. The van der Waals surface area contributed by atoms with Gasteiger partial charge in [0, 0.05) is 28.7 Å². The van der Waals surface area contributed by atoms with Crippen LogP contribution in [0.2, 0.25) is 0 Å². The van der Waals surface area contributed by atoms with Crippen LogP contribution in [0.15, 0.2) is 24.3 Å². The molecule has 5 rings (SSSR count). The minimum atomic E-state index is -0.765. The molecule has 9 heteroatoms. The SMILES string of the molecule is Cc1cc(C(=O)COC(=O)CN2C(=O)[C@H]3CCCC[C@@H]3C2=O)c(C)n1-c1ccc2c(c1)OCO2. The van der Waals surface area contributed by atoms with E-state index in [0.717, 1.165) is 29.1 Å². The number of aryl methyl sites for hydroxylation is 1. The Morgan fingerprint density at radius 3 is 2.38 bits per heavy atom. The molecule has 9 nitrogen and oxygen atoms in total. The molecular weight excluding hydrogens is 440 g/mol. The van der Waals surface area contributed by atoms with Gasteiger partial charge in [-0.2, -0.15) is 0 Å². The summed E-state index contributed by atoms with van der Waals surface area (Å²) in [5.41, 5.74) is 2.79. The summed E-state index contributed by atoms with van der Waals surface area (Å²) in [6, 6.07) is 7.28. The fraction of sp³-hybridized carbons (Fsp3) is 0.440. The van der Waals surface area contributed by atoms with E-state index < -0.39 is 19.1 Å². The van der Waals surface area contributed by atoms with Crippen LogP contribution >= 0.6 is 0 Å². The molecule has 0 bridgehead atoms. The van der Waals surface area contributed by atoms with Crippen molar-refractivity contribution in [2.75, 3.05) is 19.9 Å². The first-order valence-corrected chi connectivity index (χ1v) is 11.5. The van der Waals surface area contributed by atoms with E-state index in [4.69, 9.17) is 14.2 Å². The highest BCUT2D eigenvalue weighted by Crippen LogP contribution is 2.38. The van der Waals surface area contributed by atoms with Crippen LogP contribution in [0.3, 0.4) is 0 Å². The quantitative estimate of drug-likeness (QED) is 0.366. The number of fused-ring (bicyclic) bond motifs is 2. The summed E-state index contributed by atoms with van der Waals surface area (Å²) in [5.74, 6) is -1.06. The summed E-state index contributed by atoms with van der Waals surface area (Å²) >= 11 is 0. The number of benzene rings is 1. The van der Waals surface area contributed by atoms with Crippen molar-refractivity contribution in [3.8, 4) is 17.2 Å². The van der Waals surface area contributed by atoms with Gasteiger partial charge in [-0.25, -0.2) is 0 Å². The number of Topliss-reactive ketones (excluding diaryl/α,β-unsaturated/α-hetero) is 1. The first-order valence-electron chi connectivity index (χ1n) is 11.5. The van der Waals surface area contributed by atoms with E-state index in [2.05, 4.69) is 0 Å². The Labute approximate surface area is 196 Å². The lowest BCUT2D eigenvalue weighted by atomic mass is 9.81. The lowest BCUT2D eigenvalue weighted by Crippen LogP contribution is -2.37. The van der Waals surface area contributed by atoms with Crippen LogP contribution in [0.1, 0.15) is 47.4 Å². The van der Waals surface area contributed by atoms with Gasteiger partial charge in [-0.15, -0.1) is 0 Å². The Kier molecular flexibility index (Phi) is 5.63. The first-order chi connectivity index (χ1) is 16.3. The molecule has 34 heavy (non-hydrogen) atoms. The largest absolute Gasteiger partial charge is 0.456 e. The number of imide groups is 1. The molecule has 2 amide bonds. The van der Waals surface area contributed by atoms with Gasteiger partial charge in [0.1, 0.15) is 6.54 Å². The van der Waals surface area contributed by atoms with Crippen molar-refractivity contribution in [2.24, 2.45) is 11.8 Å². The fourth-order valence-corrected chi connectivity index (χ4v) is 5.25. The lowest BCUT2D eigenvalue weighted by molar-refractivity contribution is -0.152.